The van der Waals surface area contributed by atoms with E-state index < -0.39 is 28.9 Å². The summed E-state index contributed by atoms with van der Waals surface area (Å²) in [5.41, 5.74) is 4.87. The van der Waals surface area contributed by atoms with Gasteiger partial charge >= 0.3 is 0 Å². The minimum absolute atomic E-state index is 0.164. The van der Waals surface area contributed by atoms with Gasteiger partial charge in [-0.1, -0.05) is 6.07 Å². The molecule has 0 bridgehead atoms. The third kappa shape index (κ3) is 2.67. The summed E-state index contributed by atoms with van der Waals surface area (Å²) in [4.78, 5) is 11.7. The van der Waals surface area contributed by atoms with Gasteiger partial charge in [-0.25, -0.2) is 13.2 Å². The van der Waals surface area contributed by atoms with Gasteiger partial charge in [0.25, 0.3) is 5.91 Å². The van der Waals surface area contributed by atoms with Crippen molar-refractivity contribution in [1.82, 2.24) is 0 Å². The number of nitrogens with one attached hydrogen (secondary N) is 1. The van der Waals surface area contributed by atoms with Crippen LogP contribution in [0.4, 0.5) is 24.5 Å². The molecule has 2 aromatic rings. The van der Waals surface area contributed by atoms with Gasteiger partial charge in [0, 0.05) is 5.69 Å². The fraction of sp³-hybridized carbons (Fsp3) is 0. The molecule has 1 amide bonds. The van der Waals surface area contributed by atoms with E-state index >= 15 is 0 Å². The zero-order valence-corrected chi connectivity index (χ0v) is 9.58. The van der Waals surface area contributed by atoms with Gasteiger partial charge in [0.15, 0.2) is 11.6 Å². The van der Waals surface area contributed by atoms with Gasteiger partial charge in [0.2, 0.25) is 0 Å². The van der Waals surface area contributed by atoms with E-state index in [0.29, 0.717) is 0 Å². The number of nitrogens with two attached hydrogens (primary N) is 1. The highest BCUT2D eigenvalue weighted by molar-refractivity contribution is 6.04. The Hall–Kier alpha value is -2.50. The Kier molecular flexibility index (Phi) is 3.41. The number of carbonyl (C=O) groups excluding carboxylic acids is 1. The van der Waals surface area contributed by atoms with Crippen LogP contribution in [0.1, 0.15) is 10.4 Å². The minimum atomic E-state index is -1.28. The minimum Gasteiger partial charge on any atom is -0.399 e. The molecule has 98 valence electrons. The standard InChI is InChI=1S/C13H9F3N2O/c14-9-3-1-2-8(12(9)16)13(19)18-11-5-4-7(17)6-10(11)15/h1-6H,17H2,(H,18,19). The van der Waals surface area contributed by atoms with Crippen LogP contribution in [0.15, 0.2) is 36.4 Å². The second-order valence-electron chi connectivity index (χ2n) is 3.79. The Morgan fingerprint density at radius 2 is 1.79 bits per heavy atom. The van der Waals surface area contributed by atoms with E-state index in [1.807, 2.05) is 0 Å². The van der Waals surface area contributed by atoms with E-state index in [1.54, 1.807) is 0 Å². The van der Waals surface area contributed by atoms with Gasteiger partial charge in [-0.2, -0.15) is 0 Å². The summed E-state index contributed by atoms with van der Waals surface area (Å²) < 4.78 is 39.8. The van der Waals surface area contributed by atoms with Crippen LogP contribution in [0.5, 0.6) is 0 Å². The van der Waals surface area contributed by atoms with Crippen LogP contribution < -0.4 is 11.1 Å². The van der Waals surface area contributed by atoms with Crippen LogP contribution in [-0.4, -0.2) is 5.91 Å². The van der Waals surface area contributed by atoms with Gasteiger partial charge in [0.1, 0.15) is 5.82 Å². The summed E-state index contributed by atoms with van der Waals surface area (Å²) in [6, 6.07) is 6.80. The lowest BCUT2D eigenvalue weighted by Gasteiger charge is -2.08. The number of hydrogen-bond donors (Lipinski definition) is 2. The molecule has 0 aliphatic rings. The smallest absolute Gasteiger partial charge is 0.258 e. The number of hydrogen-bond acceptors (Lipinski definition) is 2. The van der Waals surface area contributed by atoms with Crippen molar-refractivity contribution in [2.24, 2.45) is 0 Å². The Labute approximate surface area is 106 Å². The van der Waals surface area contributed by atoms with Crippen molar-refractivity contribution < 1.29 is 18.0 Å². The number of anilines is 2. The first-order valence-electron chi connectivity index (χ1n) is 5.29. The van der Waals surface area contributed by atoms with E-state index in [2.05, 4.69) is 5.32 Å². The Balaban J connectivity index is 2.28. The van der Waals surface area contributed by atoms with Crippen LogP contribution in [0.25, 0.3) is 0 Å². The van der Waals surface area contributed by atoms with Crippen molar-refractivity contribution in [2.75, 3.05) is 11.1 Å². The molecule has 3 nitrogen and oxygen atoms in total. The molecule has 0 unspecified atom stereocenters. The number of benzene rings is 2. The number of halogens is 3. The van der Waals surface area contributed by atoms with Crippen molar-refractivity contribution in [3.63, 3.8) is 0 Å². The van der Waals surface area contributed by atoms with E-state index in [1.165, 1.54) is 18.2 Å². The highest BCUT2D eigenvalue weighted by Crippen LogP contribution is 2.19. The maximum Gasteiger partial charge on any atom is 0.258 e. The molecule has 0 heterocycles. The van der Waals surface area contributed by atoms with Crippen molar-refractivity contribution in [1.29, 1.82) is 0 Å². The van der Waals surface area contributed by atoms with Crippen LogP contribution in [0.3, 0.4) is 0 Å². The zero-order chi connectivity index (χ0) is 14.0. The van der Waals surface area contributed by atoms with Gasteiger partial charge in [-0.3, -0.25) is 4.79 Å². The summed E-state index contributed by atoms with van der Waals surface area (Å²) in [5, 5.41) is 2.15. The molecule has 0 fully saturated rings. The van der Waals surface area contributed by atoms with Crippen molar-refractivity contribution in [2.45, 2.75) is 0 Å². The van der Waals surface area contributed by atoms with E-state index in [4.69, 9.17) is 5.73 Å². The second-order valence-corrected chi connectivity index (χ2v) is 3.79. The summed E-state index contributed by atoms with van der Waals surface area (Å²) in [6.45, 7) is 0. The number of amides is 1. The first-order chi connectivity index (χ1) is 8.99. The van der Waals surface area contributed by atoms with E-state index in [9.17, 15) is 18.0 Å². The topological polar surface area (TPSA) is 55.1 Å². The maximum absolute atomic E-state index is 13.4. The summed E-state index contributed by atoms with van der Waals surface area (Å²) >= 11 is 0. The molecular weight excluding hydrogens is 257 g/mol. The number of nitrogen functional groups attached to an aromatic ring is 1. The SMILES string of the molecule is Nc1ccc(NC(=O)c2cccc(F)c2F)c(F)c1. The van der Waals surface area contributed by atoms with E-state index in [-0.39, 0.29) is 11.4 Å². The molecule has 6 heteroatoms. The predicted octanol–water partition coefficient (Wildman–Crippen LogP) is 2.94. The molecule has 0 aromatic heterocycles. The lowest BCUT2D eigenvalue weighted by Crippen LogP contribution is -2.15. The molecule has 0 aliphatic heterocycles. The Bertz CT molecular complexity index is 644. The Morgan fingerprint density at radius 3 is 2.47 bits per heavy atom. The molecule has 0 spiro atoms. The van der Waals surface area contributed by atoms with Crippen LogP contribution >= 0.6 is 0 Å². The average Bonchev–Trinajstić information content (AvgIpc) is 2.36. The van der Waals surface area contributed by atoms with Gasteiger partial charge in [0.05, 0.1) is 11.3 Å². The second kappa shape index (κ2) is 5.01. The number of carbonyl (C=O) groups is 1. The first kappa shape index (κ1) is 12.9. The molecule has 19 heavy (non-hydrogen) atoms. The molecule has 2 rings (SSSR count). The normalized spacial score (nSPS) is 10.3. The fourth-order valence-electron chi connectivity index (χ4n) is 1.50. The summed E-state index contributed by atoms with van der Waals surface area (Å²) in [6.07, 6.45) is 0. The van der Waals surface area contributed by atoms with Gasteiger partial charge < -0.3 is 11.1 Å². The monoisotopic (exact) mass is 266 g/mol. The number of rotatable bonds is 2. The van der Waals surface area contributed by atoms with Crippen molar-refractivity contribution >= 4 is 17.3 Å². The molecule has 2 aromatic carbocycles. The lowest BCUT2D eigenvalue weighted by molar-refractivity contribution is 0.102. The molecule has 0 saturated heterocycles. The highest BCUT2D eigenvalue weighted by Gasteiger charge is 2.16. The maximum atomic E-state index is 13.4. The van der Waals surface area contributed by atoms with Gasteiger partial charge in [-0.15, -0.1) is 0 Å². The third-order valence-electron chi connectivity index (χ3n) is 2.44. The average molecular weight is 266 g/mol. The quantitative estimate of drug-likeness (QED) is 0.821. The third-order valence-corrected chi connectivity index (χ3v) is 2.44. The summed E-state index contributed by atoms with van der Waals surface area (Å²) in [5.74, 6) is -4.13. The van der Waals surface area contributed by atoms with Crippen LogP contribution in [-0.2, 0) is 0 Å². The Morgan fingerprint density at radius 1 is 1.05 bits per heavy atom. The molecular formula is C13H9F3N2O. The molecule has 3 N–H and O–H groups in total. The molecule has 0 atom stereocenters. The largest absolute Gasteiger partial charge is 0.399 e. The predicted molar refractivity (Wildman–Crippen MR) is 65.1 cm³/mol. The first-order valence-corrected chi connectivity index (χ1v) is 5.29. The zero-order valence-electron chi connectivity index (χ0n) is 9.58. The van der Waals surface area contributed by atoms with E-state index in [0.717, 1.165) is 18.2 Å². The molecule has 0 saturated carbocycles. The molecule has 0 radical (unpaired) electrons. The van der Waals surface area contributed by atoms with Crippen LogP contribution in [0.2, 0.25) is 0 Å². The van der Waals surface area contributed by atoms with Gasteiger partial charge in [-0.05, 0) is 30.3 Å². The highest BCUT2D eigenvalue weighted by atomic mass is 19.2. The fourth-order valence-corrected chi connectivity index (χ4v) is 1.50. The molecule has 0 aliphatic carbocycles. The van der Waals surface area contributed by atoms with Crippen molar-refractivity contribution in [3.05, 3.63) is 59.4 Å². The lowest BCUT2D eigenvalue weighted by atomic mass is 10.2. The van der Waals surface area contributed by atoms with Crippen LogP contribution in [0, 0.1) is 17.5 Å². The van der Waals surface area contributed by atoms with Crippen molar-refractivity contribution in [3.8, 4) is 0 Å². The summed E-state index contributed by atoms with van der Waals surface area (Å²) in [7, 11) is 0.